The first kappa shape index (κ1) is 20.8. The molecule has 2 aliphatic rings. The van der Waals surface area contributed by atoms with Crippen LogP contribution < -0.4 is 5.32 Å². The number of nitrogens with one attached hydrogen (secondary N) is 1. The molecule has 2 unspecified atom stereocenters. The molecule has 4 rings (SSSR count). The van der Waals surface area contributed by atoms with Crippen molar-refractivity contribution in [3.63, 3.8) is 0 Å². The predicted octanol–water partition coefficient (Wildman–Crippen LogP) is 4.11. The van der Waals surface area contributed by atoms with E-state index in [0.717, 1.165) is 29.3 Å². The van der Waals surface area contributed by atoms with Crippen LogP contribution >= 0.6 is 15.9 Å². The van der Waals surface area contributed by atoms with Crippen LogP contribution in [0.1, 0.15) is 68.9 Å². The average Bonchev–Trinajstić information content (AvgIpc) is 3.35. The Kier molecular flexibility index (Phi) is 6.01. The number of imide groups is 1. The van der Waals surface area contributed by atoms with Gasteiger partial charge in [0.2, 0.25) is 0 Å². The summed E-state index contributed by atoms with van der Waals surface area (Å²) < 4.78 is 6.54. The van der Waals surface area contributed by atoms with Crippen LogP contribution in [-0.4, -0.2) is 41.9 Å². The highest BCUT2D eigenvalue weighted by atomic mass is 79.9. The van der Waals surface area contributed by atoms with Crippen LogP contribution in [0.5, 0.6) is 0 Å². The molecule has 7 heteroatoms. The summed E-state index contributed by atoms with van der Waals surface area (Å²) in [5, 5.41) is 3.02. The Bertz CT molecular complexity index is 983. The molecule has 2 aromatic carbocycles. The molecule has 0 aromatic heterocycles. The number of hydrogen-bond donors (Lipinski definition) is 1. The van der Waals surface area contributed by atoms with Gasteiger partial charge in [-0.15, -0.1) is 0 Å². The molecule has 2 aliphatic heterocycles. The van der Waals surface area contributed by atoms with Gasteiger partial charge in [-0.3, -0.25) is 19.3 Å². The first-order chi connectivity index (χ1) is 14.5. The SMILES string of the molecule is CCC(NC(=O)c1ccc2c(c1)C(=O)N(CC1CCCO1)C2=O)c1ccc(Br)cc1. The van der Waals surface area contributed by atoms with Gasteiger partial charge in [-0.05, 0) is 55.2 Å². The zero-order valence-corrected chi connectivity index (χ0v) is 18.3. The average molecular weight is 471 g/mol. The van der Waals surface area contributed by atoms with Gasteiger partial charge in [0.05, 0.1) is 29.8 Å². The van der Waals surface area contributed by atoms with Crippen LogP contribution in [0, 0.1) is 0 Å². The molecule has 1 saturated heterocycles. The molecule has 0 radical (unpaired) electrons. The Morgan fingerprint density at radius 1 is 1.17 bits per heavy atom. The van der Waals surface area contributed by atoms with E-state index in [1.54, 1.807) is 12.1 Å². The number of carbonyl (C=O) groups excluding carboxylic acids is 3. The lowest BCUT2D eigenvalue weighted by Crippen LogP contribution is -2.36. The molecule has 2 atom stereocenters. The first-order valence-corrected chi connectivity index (χ1v) is 11.0. The fourth-order valence-corrected chi connectivity index (χ4v) is 4.21. The molecule has 2 heterocycles. The normalized spacial score (nSPS) is 19.1. The van der Waals surface area contributed by atoms with E-state index in [-0.39, 0.29) is 42.0 Å². The Morgan fingerprint density at radius 3 is 2.57 bits per heavy atom. The van der Waals surface area contributed by atoms with Crippen LogP contribution in [0.25, 0.3) is 0 Å². The molecule has 2 aromatic rings. The molecule has 0 aliphatic carbocycles. The summed E-state index contributed by atoms with van der Waals surface area (Å²) in [6.07, 6.45) is 2.40. The van der Waals surface area contributed by atoms with Crippen LogP contribution in [0.2, 0.25) is 0 Å². The third-order valence-corrected chi connectivity index (χ3v) is 6.16. The van der Waals surface area contributed by atoms with Gasteiger partial charge >= 0.3 is 0 Å². The summed E-state index contributed by atoms with van der Waals surface area (Å²) in [4.78, 5) is 39.6. The van der Waals surface area contributed by atoms with Crippen LogP contribution in [0.15, 0.2) is 46.9 Å². The molecule has 156 valence electrons. The first-order valence-electron chi connectivity index (χ1n) is 10.2. The van der Waals surface area contributed by atoms with Crippen molar-refractivity contribution in [1.82, 2.24) is 10.2 Å². The maximum absolute atomic E-state index is 12.9. The highest BCUT2D eigenvalue weighted by Crippen LogP contribution is 2.27. The third-order valence-electron chi connectivity index (χ3n) is 5.63. The fraction of sp³-hybridized carbons (Fsp3) is 0.348. The van der Waals surface area contributed by atoms with Crippen molar-refractivity contribution < 1.29 is 19.1 Å². The second-order valence-corrected chi connectivity index (χ2v) is 8.52. The minimum atomic E-state index is -0.361. The lowest BCUT2D eigenvalue weighted by molar-refractivity contribution is 0.0475. The number of amides is 3. The van der Waals surface area contributed by atoms with Crippen molar-refractivity contribution in [3.05, 3.63) is 69.2 Å². The van der Waals surface area contributed by atoms with Gasteiger partial charge in [0.25, 0.3) is 17.7 Å². The van der Waals surface area contributed by atoms with Gasteiger partial charge < -0.3 is 10.1 Å². The number of ether oxygens (including phenoxy) is 1. The highest BCUT2D eigenvalue weighted by molar-refractivity contribution is 9.10. The van der Waals surface area contributed by atoms with Gasteiger partial charge in [-0.1, -0.05) is 35.0 Å². The van der Waals surface area contributed by atoms with Gasteiger partial charge in [0, 0.05) is 16.6 Å². The van der Waals surface area contributed by atoms with E-state index in [1.807, 2.05) is 31.2 Å². The van der Waals surface area contributed by atoms with Crippen molar-refractivity contribution >= 4 is 33.7 Å². The smallest absolute Gasteiger partial charge is 0.261 e. The fourth-order valence-electron chi connectivity index (χ4n) is 3.95. The maximum Gasteiger partial charge on any atom is 0.261 e. The van der Waals surface area contributed by atoms with Gasteiger partial charge in [-0.25, -0.2) is 0 Å². The Balaban J connectivity index is 1.51. The van der Waals surface area contributed by atoms with E-state index >= 15 is 0 Å². The van der Waals surface area contributed by atoms with E-state index in [1.165, 1.54) is 11.0 Å². The maximum atomic E-state index is 12.9. The van der Waals surface area contributed by atoms with Crippen LogP contribution in [-0.2, 0) is 4.74 Å². The number of hydrogen-bond acceptors (Lipinski definition) is 4. The molecule has 0 saturated carbocycles. The number of fused-ring (bicyclic) bond motifs is 1. The molecule has 3 amide bonds. The Morgan fingerprint density at radius 2 is 1.90 bits per heavy atom. The molecule has 1 N–H and O–H groups in total. The van der Waals surface area contributed by atoms with Crippen molar-refractivity contribution in [2.24, 2.45) is 0 Å². The molecule has 30 heavy (non-hydrogen) atoms. The highest BCUT2D eigenvalue weighted by Gasteiger charge is 2.38. The van der Waals surface area contributed by atoms with Crippen molar-refractivity contribution in [3.8, 4) is 0 Å². The molecule has 1 fully saturated rings. The molecular weight excluding hydrogens is 448 g/mol. The number of benzene rings is 2. The van der Waals surface area contributed by atoms with Gasteiger partial charge in [0.1, 0.15) is 0 Å². The minimum Gasteiger partial charge on any atom is -0.376 e. The quantitative estimate of drug-likeness (QED) is 0.644. The number of nitrogens with zero attached hydrogens (tertiary/aromatic N) is 1. The molecule has 0 spiro atoms. The lowest BCUT2D eigenvalue weighted by atomic mass is 10.0. The van der Waals surface area contributed by atoms with Crippen molar-refractivity contribution in [2.45, 2.75) is 38.3 Å². The second kappa shape index (κ2) is 8.70. The van der Waals surface area contributed by atoms with Crippen LogP contribution in [0.3, 0.4) is 0 Å². The molecule has 0 bridgehead atoms. The number of halogens is 1. The van der Waals surface area contributed by atoms with E-state index in [9.17, 15) is 14.4 Å². The van der Waals surface area contributed by atoms with E-state index < -0.39 is 0 Å². The number of carbonyl (C=O) groups is 3. The zero-order chi connectivity index (χ0) is 21.3. The Labute approximate surface area is 183 Å². The summed E-state index contributed by atoms with van der Waals surface area (Å²) in [5.74, 6) is -0.954. The summed E-state index contributed by atoms with van der Waals surface area (Å²) in [5.41, 5.74) is 1.99. The topological polar surface area (TPSA) is 75.7 Å². The van der Waals surface area contributed by atoms with E-state index in [2.05, 4.69) is 21.2 Å². The monoisotopic (exact) mass is 470 g/mol. The van der Waals surface area contributed by atoms with Gasteiger partial charge in [-0.2, -0.15) is 0 Å². The predicted molar refractivity (Wildman–Crippen MR) is 115 cm³/mol. The lowest BCUT2D eigenvalue weighted by Gasteiger charge is -2.18. The molecular formula is C23H23BrN2O4. The van der Waals surface area contributed by atoms with E-state index in [4.69, 9.17) is 4.74 Å². The van der Waals surface area contributed by atoms with Crippen LogP contribution in [0.4, 0.5) is 0 Å². The third kappa shape index (κ3) is 4.04. The minimum absolute atomic E-state index is 0.105. The second-order valence-electron chi connectivity index (χ2n) is 7.60. The molecule has 6 nitrogen and oxygen atoms in total. The summed E-state index contributed by atoms with van der Waals surface area (Å²) >= 11 is 3.42. The largest absolute Gasteiger partial charge is 0.376 e. The zero-order valence-electron chi connectivity index (χ0n) is 16.7. The van der Waals surface area contributed by atoms with Crippen molar-refractivity contribution in [1.29, 1.82) is 0 Å². The van der Waals surface area contributed by atoms with E-state index in [0.29, 0.717) is 17.7 Å². The number of rotatable bonds is 6. The summed E-state index contributed by atoms with van der Waals surface area (Å²) in [7, 11) is 0. The summed E-state index contributed by atoms with van der Waals surface area (Å²) in [6.45, 7) is 2.92. The van der Waals surface area contributed by atoms with Crippen molar-refractivity contribution in [2.75, 3.05) is 13.2 Å². The van der Waals surface area contributed by atoms with Gasteiger partial charge in [0.15, 0.2) is 0 Å². The standard InChI is InChI=1S/C23H23BrN2O4/c1-2-20(14-5-8-16(24)9-6-14)25-21(27)15-7-10-18-19(12-15)23(29)26(22(18)28)13-17-4-3-11-30-17/h5-10,12,17,20H,2-4,11,13H2,1H3,(H,25,27). The summed E-state index contributed by atoms with van der Waals surface area (Å²) in [6, 6.07) is 12.4. The Hall–Kier alpha value is -2.51.